The Morgan fingerprint density at radius 2 is 1.88 bits per heavy atom. The van der Waals surface area contributed by atoms with Crippen LogP contribution in [0.5, 0.6) is 0 Å². The molecule has 88 valence electrons. The fraction of sp³-hybridized carbons (Fsp3) is 0.538. The van der Waals surface area contributed by atoms with Crippen LogP contribution < -0.4 is 0 Å². The third-order valence-electron chi connectivity index (χ3n) is 2.71. The summed E-state index contributed by atoms with van der Waals surface area (Å²) < 4.78 is 0. The summed E-state index contributed by atoms with van der Waals surface area (Å²) in [6.45, 7) is 7.31. The number of allylic oxidation sites excluding steroid dienone is 3. The van der Waals surface area contributed by atoms with Crippen LogP contribution in [0.3, 0.4) is 0 Å². The molecule has 1 aliphatic carbocycles. The Morgan fingerprint density at radius 1 is 1.38 bits per heavy atom. The number of Topliss-reactive ketones (excluding diaryl/α,β-unsaturated/α-hetero) is 2. The molecule has 0 atom stereocenters. The van der Waals surface area contributed by atoms with Crippen LogP contribution >= 0.6 is 0 Å². The third-order valence-corrected chi connectivity index (χ3v) is 2.71. The highest BCUT2D eigenvalue weighted by atomic mass is 16.3. The molecule has 3 nitrogen and oxygen atoms in total. The van der Waals surface area contributed by atoms with E-state index in [1.807, 2.05) is 13.8 Å². The molecule has 0 aliphatic heterocycles. The topological polar surface area (TPSA) is 54.4 Å². The third kappa shape index (κ3) is 2.81. The van der Waals surface area contributed by atoms with Crippen LogP contribution in [-0.4, -0.2) is 16.7 Å². The average molecular weight is 222 g/mol. The number of ketones is 2. The first kappa shape index (κ1) is 12.7. The smallest absolute Gasteiger partial charge is 0.170 e. The maximum Gasteiger partial charge on any atom is 0.170 e. The molecule has 3 heteroatoms. The van der Waals surface area contributed by atoms with E-state index in [2.05, 4.69) is 6.58 Å². The zero-order chi connectivity index (χ0) is 12.3. The lowest BCUT2D eigenvalue weighted by Crippen LogP contribution is -2.32. The van der Waals surface area contributed by atoms with E-state index in [1.54, 1.807) is 6.08 Å². The van der Waals surface area contributed by atoms with Crippen molar-refractivity contribution in [2.24, 2.45) is 5.41 Å². The molecule has 0 aromatic carbocycles. The summed E-state index contributed by atoms with van der Waals surface area (Å²) in [5, 5.41) is 9.71. The van der Waals surface area contributed by atoms with Gasteiger partial charge >= 0.3 is 0 Å². The fourth-order valence-electron chi connectivity index (χ4n) is 1.95. The van der Waals surface area contributed by atoms with Crippen molar-refractivity contribution in [3.8, 4) is 0 Å². The fourth-order valence-corrected chi connectivity index (χ4v) is 1.95. The first-order chi connectivity index (χ1) is 7.37. The molecule has 0 aromatic heterocycles. The Labute approximate surface area is 95.9 Å². The Bertz CT molecular complexity index is 339. The summed E-state index contributed by atoms with van der Waals surface area (Å²) in [6, 6.07) is 0. The predicted octanol–water partition coefficient (Wildman–Crippen LogP) is 2.72. The molecule has 0 unspecified atom stereocenters. The SMILES string of the molecule is C=CCCC(O)=C1C(=O)CC(C)(C)CC1=O. The molecular weight excluding hydrogens is 204 g/mol. The number of hydrogen-bond donors (Lipinski definition) is 1. The maximum absolute atomic E-state index is 11.8. The molecule has 1 N–H and O–H groups in total. The van der Waals surface area contributed by atoms with Crippen LogP contribution in [0.1, 0.15) is 39.5 Å². The van der Waals surface area contributed by atoms with Gasteiger partial charge in [-0.1, -0.05) is 19.9 Å². The second-order valence-corrected chi connectivity index (χ2v) is 5.01. The van der Waals surface area contributed by atoms with E-state index < -0.39 is 0 Å². The van der Waals surface area contributed by atoms with Gasteiger partial charge in [0.2, 0.25) is 0 Å². The molecule has 0 aromatic rings. The lowest BCUT2D eigenvalue weighted by atomic mass is 9.73. The quantitative estimate of drug-likeness (QED) is 0.346. The lowest BCUT2D eigenvalue weighted by molar-refractivity contribution is -0.127. The van der Waals surface area contributed by atoms with E-state index in [4.69, 9.17) is 0 Å². The van der Waals surface area contributed by atoms with Crippen LogP contribution in [0.2, 0.25) is 0 Å². The molecule has 1 fully saturated rings. The standard InChI is InChI=1S/C13H18O3/c1-4-5-6-9(14)12-10(15)7-13(2,3)8-11(12)16/h4,14H,1,5-8H2,2-3H3. The molecule has 16 heavy (non-hydrogen) atoms. The minimum absolute atomic E-state index is 0.0150. The lowest BCUT2D eigenvalue weighted by Gasteiger charge is -2.28. The first-order valence-corrected chi connectivity index (χ1v) is 5.47. The summed E-state index contributed by atoms with van der Waals surface area (Å²) in [5.74, 6) is -0.545. The highest BCUT2D eigenvalue weighted by Gasteiger charge is 2.37. The zero-order valence-corrected chi connectivity index (χ0v) is 9.88. The number of aliphatic hydroxyl groups is 1. The van der Waals surface area contributed by atoms with Crippen molar-refractivity contribution < 1.29 is 14.7 Å². The van der Waals surface area contributed by atoms with Crippen molar-refractivity contribution in [2.75, 3.05) is 0 Å². The molecule has 0 radical (unpaired) electrons. The van der Waals surface area contributed by atoms with Gasteiger partial charge in [0.1, 0.15) is 5.76 Å². The van der Waals surface area contributed by atoms with E-state index in [0.717, 1.165) is 0 Å². The van der Waals surface area contributed by atoms with Gasteiger partial charge in [0, 0.05) is 19.3 Å². The van der Waals surface area contributed by atoms with Crippen LogP contribution in [0.4, 0.5) is 0 Å². The Hall–Kier alpha value is -1.38. The van der Waals surface area contributed by atoms with Gasteiger partial charge in [-0.25, -0.2) is 0 Å². The number of carbonyl (C=O) groups is 2. The van der Waals surface area contributed by atoms with E-state index in [0.29, 0.717) is 25.7 Å². The van der Waals surface area contributed by atoms with Crippen molar-refractivity contribution >= 4 is 11.6 Å². The molecule has 1 aliphatic rings. The van der Waals surface area contributed by atoms with Gasteiger partial charge in [-0.3, -0.25) is 9.59 Å². The monoisotopic (exact) mass is 222 g/mol. The summed E-state index contributed by atoms with van der Waals surface area (Å²) in [6.07, 6.45) is 3.19. The largest absolute Gasteiger partial charge is 0.511 e. The number of hydrogen-bond acceptors (Lipinski definition) is 3. The maximum atomic E-state index is 11.8. The zero-order valence-electron chi connectivity index (χ0n) is 9.88. The number of aliphatic hydroxyl groups excluding tert-OH is 1. The van der Waals surface area contributed by atoms with Crippen molar-refractivity contribution in [3.63, 3.8) is 0 Å². The molecule has 1 rings (SSSR count). The van der Waals surface area contributed by atoms with Crippen molar-refractivity contribution in [2.45, 2.75) is 39.5 Å². The summed E-state index contributed by atoms with van der Waals surface area (Å²) in [4.78, 5) is 23.5. The van der Waals surface area contributed by atoms with E-state index in [-0.39, 0.29) is 28.3 Å². The molecule has 0 saturated heterocycles. The number of carbonyl (C=O) groups excluding carboxylic acids is 2. The van der Waals surface area contributed by atoms with Gasteiger partial charge in [-0.2, -0.15) is 0 Å². The normalized spacial score (nSPS) is 19.8. The summed E-state index contributed by atoms with van der Waals surface area (Å²) in [5.41, 5.74) is -0.266. The van der Waals surface area contributed by atoms with Gasteiger partial charge in [0.15, 0.2) is 11.6 Å². The van der Waals surface area contributed by atoms with Crippen LogP contribution in [0.15, 0.2) is 24.0 Å². The van der Waals surface area contributed by atoms with E-state index in [9.17, 15) is 14.7 Å². The van der Waals surface area contributed by atoms with E-state index in [1.165, 1.54) is 0 Å². The van der Waals surface area contributed by atoms with Gasteiger partial charge in [-0.05, 0) is 11.8 Å². The number of rotatable bonds is 3. The minimum Gasteiger partial charge on any atom is -0.511 e. The van der Waals surface area contributed by atoms with Gasteiger partial charge in [0.25, 0.3) is 0 Å². The van der Waals surface area contributed by atoms with Crippen LogP contribution in [-0.2, 0) is 9.59 Å². The first-order valence-electron chi connectivity index (χ1n) is 5.47. The molecule has 0 amide bonds. The van der Waals surface area contributed by atoms with Crippen LogP contribution in [0.25, 0.3) is 0 Å². The minimum atomic E-state index is -0.281. The highest BCUT2D eigenvalue weighted by Crippen LogP contribution is 2.34. The Kier molecular flexibility index (Phi) is 3.68. The van der Waals surface area contributed by atoms with Crippen molar-refractivity contribution in [3.05, 3.63) is 24.0 Å². The van der Waals surface area contributed by atoms with Crippen molar-refractivity contribution in [1.29, 1.82) is 0 Å². The molecule has 0 spiro atoms. The molecular formula is C13H18O3. The van der Waals surface area contributed by atoms with Gasteiger partial charge in [-0.15, -0.1) is 6.58 Å². The van der Waals surface area contributed by atoms with E-state index >= 15 is 0 Å². The average Bonchev–Trinajstić information content (AvgIpc) is 2.11. The molecule has 0 heterocycles. The Balaban J connectivity index is 2.93. The Morgan fingerprint density at radius 3 is 2.31 bits per heavy atom. The van der Waals surface area contributed by atoms with Gasteiger partial charge < -0.3 is 5.11 Å². The molecule has 0 bridgehead atoms. The molecule has 1 saturated carbocycles. The summed E-state index contributed by atoms with van der Waals surface area (Å²) in [7, 11) is 0. The highest BCUT2D eigenvalue weighted by molar-refractivity contribution is 6.22. The van der Waals surface area contributed by atoms with Crippen LogP contribution in [0, 0.1) is 5.41 Å². The second kappa shape index (κ2) is 4.64. The second-order valence-electron chi connectivity index (χ2n) is 5.01. The van der Waals surface area contributed by atoms with Gasteiger partial charge in [0.05, 0.1) is 5.57 Å². The summed E-state index contributed by atoms with van der Waals surface area (Å²) >= 11 is 0. The van der Waals surface area contributed by atoms with Crippen molar-refractivity contribution in [1.82, 2.24) is 0 Å². The predicted molar refractivity (Wildman–Crippen MR) is 62.1 cm³/mol.